The molecule has 0 aliphatic carbocycles. The summed E-state index contributed by atoms with van der Waals surface area (Å²) in [5, 5.41) is 6.10. The van der Waals surface area contributed by atoms with Crippen molar-refractivity contribution in [3.63, 3.8) is 0 Å². The molecule has 0 radical (unpaired) electrons. The van der Waals surface area contributed by atoms with Gasteiger partial charge in [0.1, 0.15) is 5.75 Å². The van der Waals surface area contributed by atoms with Gasteiger partial charge in [-0.05, 0) is 11.6 Å². The van der Waals surface area contributed by atoms with E-state index in [1.807, 2.05) is 30.3 Å². The zero-order chi connectivity index (χ0) is 21.3. The van der Waals surface area contributed by atoms with E-state index in [-0.39, 0.29) is 43.1 Å². The summed E-state index contributed by atoms with van der Waals surface area (Å²) in [6, 6.07) is 12.6. The summed E-state index contributed by atoms with van der Waals surface area (Å²) < 4.78 is 52.8. The fourth-order valence-electron chi connectivity index (χ4n) is 2.82. The predicted octanol–water partition coefficient (Wildman–Crippen LogP) is 3.25. The zero-order valence-corrected chi connectivity index (χ0v) is 20.0. The third kappa shape index (κ3) is 7.80. The molecule has 7 nitrogen and oxygen atoms in total. The molecule has 2 N–H and O–H groups in total. The molecule has 0 bridgehead atoms. The molecule has 1 aliphatic heterocycles. The Bertz CT molecular complexity index is 903. The van der Waals surface area contributed by atoms with Gasteiger partial charge in [-0.3, -0.25) is 9.20 Å². The van der Waals surface area contributed by atoms with Crippen LogP contribution in [-0.4, -0.2) is 42.9 Å². The molecule has 0 fully saturated rings. The predicted molar refractivity (Wildman–Crippen MR) is 126 cm³/mol. The van der Waals surface area contributed by atoms with Crippen LogP contribution >= 0.6 is 24.0 Å². The van der Waals surface area contributed by atoms with Gasteiger partial charge >= 0.3 is 6.61 Å². The van der Waals surface area contributed by atoms with Crippen LogP contribution in [0.15, 0.2) is 47.5 Å². The monoisotopic (exact) mass is 567 g/mol. The standard InChI is InChI=1S/C20H23F2N3O4S.HI/c1-23-20(24-7-8-30(26)12-14-5-3-2-4-6-14)25-11-15-9-17-18(28-13-27-17)10-16(15)29-19(21)22;/h2-6,9-10,19H,7-8,11-13H2,1H3,(H2,23,24,25);1H. The molecule has 1 aliphatic rings. The van der Waals surface area contributed by atoms with Crippen LogP contribution in [0.1, 0.15) is 11.1 Å². The molecule has 0 aromatic heterocycles. The maximum Gasteiger partial charge on any atom is 0.387 e. The first-order valence-corrected chi connectivity index (χ1v) is 10.7. The molecule has 0 saturated heterocycles. The number of alkyl halides is 2. The molecular formula is C20H24F2IN3O4S. The number of benzene rings is 2. The van der Waals surface area contributed by atoms with Crippen LogP contribution in [0.25, 0.3) is 0 Å². The highest BCUT2D eigenvalue weighted by molar-refractivity contribution is 14.0. The van der Waals surface area contributed by atoms with Crippen molar-refractivity contribution in [1.82, 2.24) is 10.6 Å². The van der Waals surface area contributed by atoms with Gasteiger partial charge in [0.2, 0.25) is 6.79 Å². The van der Waals surface area contributed by atoms with Gasteiger partial charge in [0, 0.05) is 54.1 Å². The number of nitrogens with one attached hydrogen (secondary N) is 2. The molecule has 170 valence electrons. The van der Waals surface area contributed by atoms with E-state index in [9.17, 15) is 13.0 Å². The van der Waals surface area contributed by atoms with Gasteiger partial charge in [-0.25, -0.2) is 0 Å². The lowest BCUT2D eigenvalue weighted by atomic mass is 10.1. The minimum atomic E-state index is -2.96. The van der Waals surface area contributed by atoms with E-state index in [4.69, 9.17) is 9.47 Å². The lowest BCUT2D eigenvalue weighted by Crippen LogP contribution is -2.38. The van der Waals surface area contributed by atoms with Gasteiger partial charge in [0.25, 0.3) is 0 Å². The van der Waals surface area contributed by atoms with Crippen molar-refractivity contribution in [1.29, 1.82) is 0 Å². The highest BCUT2D eigenvalue weighted by Gasteiger charge is 2.20. The molecular weight excluding hydrogens is 543 g/mol. The van der Waals surface area contributed by atoms with Crippen LogP contribution in [-0.2, 0) is 23.1 Å². The number of guanidine groups is 1. The van der Waals surface area contributed by atoms with Gasteiger partial charge in [-0.15, -0.1) is 24.0 Å². The number of ether oxygens (including phenoxy) is 3. The van der Waals surface area contributed by atoms with E-state index in [2.05, 4.69) is 20.4 Å². The summed E-state index contributed by atoms with van der Waals surface area (Å²) in [5.74, 6) is 2.21. The molecule has 1 unspecified atom stereocenters. The molecule has 3 rings (SSSR count). The molecule has 1 atom stereocenters. The zero-order valence-electron chi connectivity index (χ0n) is 16.8. The molecule has 2 aromatic rings. The average molecular weight is 567 g/mol. The lowest BCUT2D eigenvalue weighted by molar-refractivity contribution is -0.0505. The average Bonchev–Trinajstić information content (AvgIpc) is 3.18. The van der Waals surface area contributed by atoms with E-state index in [0.29, 0.717) is 41.1 Å². The lowest BCUT2D eigenvalue weighted by Gasteiger charge is -2.15. The third-order valence-electron chi connectivity index (χ3n) is 4.23. The smallest absolute Gasteiger partial charge is 0.387 e. The van der Waals surface area contributed by atoms with Crippen molar-refractivity contribution < 1.29 is 27.2 Å². The van der Waals surface area contributed by atoms with E-state index in [0.717, 1.165) is 5.56 Å². The Morgan fingerprint density at radius 2 is 1.90 bits per heavy atom. The summed E-state index contributed by atoms with van der Waals surface area (Å²) in [7, 11) is 0.571. The molecule has 0 saturated carbocycles. The molecule has 1 heterocycles. The quantitative estimate of drug-likeness (QED) is 0.275. The fourth-order valence-corrected chi connectivity index (χ4v) is 3.86. The van der Waals surface area contributed by atoms with Crippen LogP contribution in [0, 0.1) is 0 Å². The Balaban J connectivity index is 0.00000341. The minimum Gasteiger partial charge on any atom is -0.454 e. The highest BCUT2D eigenvalue weighted by Crippen LogP contribution is 2.38. The normalized spacial score (nSPS) is 13.5. The van der Waals surface area contributed by atoms with Gasteiger partial charge in [-0.1, -0.05) is 30.3 Å². The Labute approximate surface area is 199 Å². The summed E-state index contributed by atoms with van der Waals surface area (Å²) in [6.45, 7) is -2.31. The molecule has 2 aromatic carbocycles. The second-order valence-electron chi connectivity index (χ2n) is 6.32. The summed E-state index contributed by atoms with van der Waals surface area (Å²) in [6.07, 6.45) is 0. The first kappa shape index (κ1) is 25.1. The van der Waals surface area contributed by atoms with E-state index in [1.54, 1.807) is 13.1 Å². The Hall–Kier alpha value is -2.15. The molecule has 0 spiro atoms. The van der Waals surface area contributed by atoms with Gasteiger partial charge in [0.15, 0.2) is 17.5 Å². The highest BCUT2D eigenvalue weighted by atomic mass is 127. The van der Waals surface area contributed by atoms with Crippen LogP contribution in [0.3, 0.4) is 0 Å². The second kappa shape index (κ2) is 12.6. The van der Waals surface area contributed by atoms with Crippen LogP contribution in [0.4, 0.5) is 8.78 Å². The number of hydrogen-bond acceptors (Lipinski definition) is 5. The SMILES string of the molecule is CN=C(NCCS(=O)Cc1ccccc1)NCc1cc2c(cc1OC(F)F)OCO2.I. The Kier molecular flexibility index (Phi) is 10.2. The Morgan fingerprint density at radius 3 is 2.58 bits per heavy atom. The fraction of sp³-hybridized carbons (Fsp3) is 0.350. The number of rotatable bonds is 9. The summed E-state index contributed by atoms with van der Waals surface area (Å²) in [5.41, 5.74) is 1.49. The molecule has 0 amide bonds. The van der Waals surface area contributed by atoms with Crippen molar-refractivity contribution in [2.75, 3.05) is 26.1 Å². The van der Waals surface area contributed by atoms with E-state index < -0.39 is 17.4 Å². The number of fused-ring (bicyclic) bond motifs is 1. The summed E-state index contributed by atoms with van der Waals surface area (Å²) in [4.78, 5) is 4.10. The van der Waals surface area contributed by atoms with Crippen LogP contribution in [0.5, 0.6) is 17.2 Å². The van der Waals surface area contributed by atoms with Gasteiger partial charge in [-0.2, -0.15) is 8.78 Å². The maximum atomic E-state index is 12.7. The number of hydrogen-bond donors (Lipinski definition) is 2. The number of nitrogens with zero attached hydrogens (tertiary/aromatic N) is 1. The van der Waals surface area contributed by atoms with Crippen LogP contribution in [0.2, 0.25) is 0 Å². The van der Waals surface area contributed by atoms with Crippen LogP contribution < -0.4 is 24.8 Å². The third-order valence-corrected chi connectivity index (χ3v) is 5.55. The minimum absolute atomic E-state index is 0. The van der Waals surface area contributed by atoms with Crippen molar-refractivity contribution in [2.45, 2.75) is 18.9 Å². The molecule has 31 heavy (non-hydrogen) atoms. The van der Waals surface area contributed by atoms with E-state index >= 15 is 0 Å². The van der Waals surface area contributed by atoms with E-state index in [1.165, 1.54) is 6.07 Å². The topological polar surface area (TPSA) is 81.2 Å². The van der Waals surface area contributed by atoms with Gasteiger partial charge < -0.3 is 24.8 Å². The van der Waals surface area contributed by atoms with Crippen molar-refractivity contribution in [3.05, 3.63) is 53.6 Å². The van der Waals surface area contributed by atoms with Crippen molar-refractivity contribution in [2.24, 2.45) is 4.99 Å². The second-order valence-corrected chi connectivity index (χ2v) is 7.89. The van der Waals surface area contributed by atoms with Gasteiger partial charge in [0.05, 0.1) is 0 Å². The maximum absolute atomic E-state index is 12.7. The first-order valence-electron chi connectivity index (χ1n) is 9.26. The van der Waals surface area contributed by atoms with Crippen molar-refractivity contribution in [3.8, 4) is 17.2 Å². The number of aliphatic imine (C=N–C) groups is 1. The Morgan fingerprint density at radius 1 is 1.19 bits per heavy atom. The number of halogens is 3. The van der Waals surface area contributed by atoms with Crippen molar-refractivity contribution >= 4 is 40.7 Å². The molecule has 11 heteroatoms. The first-order chi connectivity index (χ1) is 14.5. The largest absolute Gasteiger partial charge is 0.454 e. The summed E-state index contributed by atoms with van der Waals surface area (Å²) >= 11 is 0.